The van der Waals surface area contributed by atoms with E-state index in [1.807, 2.05) is 43.0 Å². The molecule has 4 rings (SSSR count). The maximum Gasteiger partial charge on any atom is 0.255 e. The summed E-state index contributed by atoms with van der Waals surface area (Å²) < 4.78 is 9.02. The lowest BCUT2D eigenvalue weighted by molar-refractivity contribution is 0.0938. The molecule has 0 saturated carbocycles. The Morgan fingerprint density at radius 1 is 1.28 bits per heavy atom. The fourth-order valence-corrected chi connectivity index (χ4v) is 4.18. The minimum atomic E-state index is -0.265. The van der Waals surface area contributed by atoms with E-state index in [0.29, 0.717) is 41.1 Å². The zero-order chi connectivity index (χ0) is 22.7. The first-order valence-corrected chi connectivity index (χ1v) is 11.2. The number of ether oxygens (including phenoxy) is 1. The van der Waals surface area contributed by atoms with Gasteiger partial charge in [0.05, 0.1) is 64.4 Å². The largest absolute Gasteiger partial charge is 0.375 e. The second-order valence-corrected chi connectivity index (χ2v) is 8.32. The first-order valence-electron chi connectivity index (χ1n) is 9.96. The molecule has 4 aromatic rings. The number of amides is 1. The third-order valence-electron chi connectivity index (χ3n) is 4.92. The van der Waals surface area contributed by atoms with Crippen LogP contribution in [0.3, 0.4) is 0 Å². The van der Waals surface area contributed by atoms with Gasteiger partial charge in [-0.3, -0.25) is 4.79 Å². The fraction of sp³-hybridized carbons (Fsp3) is 0.286. The molecule has 166 valence electrons. The van der Waals surface area contributed by atoms with Crippen molar-refractivity contribution in [1.29, 1.82) is 0 Å². The predicted octanol–water partition coefficient (Wildman–Crippen LogP) is 3.55. The molecule has 0 bridgehead atoms. The highest BCUT2D eigenvalue weighted by Crippen LogP contribution is 2.29. The van der Waals surface area contributed by atoms with Crippen molar-refractivity contribution in [3.8, 4) is 16.5 Å². The lowest BCUT2D eigenvalue weighted by Crippen LogP contribution is -2.25. The number of nitrogens with zero attached hydrogens (tertiary/aromatic N) is 6. The van der Waals surface area contributed by atoms with Crippen molar-refractivity contribution in [3.63, 3.8) is 0 Å². The van der Waals surface area contributed by atoms with Crippen LogP contribution in [0.5, 0.6) is 0 Å². The molecule has 0 radical (unpaired) electrons. The van der Waals surface area contributed by atoms with Crippen molar-refractivity contribution in [2.75, 3.05) is 6.61 Å². The van der Waals surface area contributed by atoms with Crippen LogP contribution in [0.25, 0.3) is 16.5 Å². The van der Waals surface area contributed by atoms with E-state index in [2.05, 4.69) is 25.4 Å². The Hall–Kier alpha value is -3.08. The third-order valence-corrected chi connectivity index (χ3v) is 6.07. The van der Waals surface area contributed by atoms with E-state index < -0.39 is 0 Å². The van der Waals surface area contributed by atoms with Crippen molar-refractivity contribution in [1.82, 2.24) is 34.6 Å². The number of hydrogen-bond acceptors (Lipinski definition) is 7. The number of hydrogen-bond donors (Lipinski definition) is 1. The average molecular weight is 472 g/mol. The van der Waals surface area contributed by atoms with Gasteiger partial charge >= 0.3 is 0 Å². The lowest BCUT2D eigenvalue weighted by Gasteiger charge is -2.11. The van der Waals surface area contributed by atoms with Gasteiger partial charge in [0.1, 0.15) is 5.69 Å². The topological polar surface area (TPSA) is 99.8 Å². The highest BCUT2D eigenvalue weighted by atomic mass is 35.5. The van der Waals surface area contributed by atoms with Gasteiger partial charge in [0, 0.05) is 13.7 Å². The van der Waals surface area contributed by atoms with E-state index in [1.54, 1.807) is 6.33 Å². The van der Waals surface area contributed by atoms with E-state index in [9.17, 15) is 4.79 Å². The predicted molar refractivity (Wildman–Crippen MR) is 122 cm³/mol. The number of nitrogens with one attached hydrogen (secondary N) is 1. The number of carbonyl (C=O) groups excluding carboxylic acids is 1. The van der Waals surface area contributed by atoms with Crippen LogP contribution in [0.4, 0.5) is 0 Å². The summed E-state index contributed by atoms with van der Waals surface area (Å²) in [5.41, 5.74) is 3.37. The van der Waals surface area contributed by atoms with Crippen LogP contribution in [0.1, 0.15) is 34.4 Å². The molecule has 1 amide bonds. The SMILES string of the molecule is CCOCc1c(C(=O)NCc2c(C)ncn2C)cnn1-c1ncc(Cl)c(-c2cccs2)n1. The molecule has 4 aromatic heterocycles. The smallest absolute Gasteiger partial charge is 0.255 e. The molecule has 0 atom stereocenters. The lowest BCUT2D eigenvalue weighted by atomic mass is 10.2. The van der Waals surface area contributed by atoms with E-state index in [0.717, 1.165) is 16.3 Å². The summed E-state index contributed by atoms with van der Waals surface area (Å²) in [7, 11) is 1.89. The Morgan fingerprint density at radius 2 is 2.12 bits per heavy atom. The molecule has 9 nitrogen and oxygen atoms in total. The van der Waals surface area contributed by atoms with Gasteiger partial charge in [-0.05, 0) is 25.3 Å². The average Bonchev–Trinajstić information content (AvgIpc) is 3.52. The molecule has 0 aliphatic rings. The van der Waals surface area contributed by atoms with Crippen LogP contribution in [-0.4, -0.2) is 41.8 Å². The van der Waals surface area contributed by atoms with Crippen LogP contribution in [0.15, 0.2) is 36.2 Å². The number of carbonyl (C=O) groups is 1. The van der Waals surface area contributed by atoms with Gasteiger partial charge in [-0.15, -0.1) is 11.3 Å². The second kappa shape index (κ2) is 9.60. The molecule has 0 saturated heterocycles. The first kappa shape index (κ1) is 22.1. The summed E-state index contributed by atoms with van der Waals surface area (Å²) in [5, 5.41) is 9.72. The summed E-state index contributed by atoms with van der Waals surface area (Å²) in [6.45, 7) is 4.81. The van der Waals surface area contributed by atoms with Crippen LogP contribution >= 0.6 is 22.9 Å². The Bertz CT molecular complexity index is 1210. The molecule has 0 aromatic carbocycles. The zero-order valence-electron chi connectivity index (χ0n) is 17.9. The van der Waals surface area contributed by atoms with Crippen LogP contribution in [0, 0.1) is 6.92 Å². The van der Waals surface area contributed by atoms with Gasteiger partial charge in [0.2, 0.25) is 0 Å². The van der Waals surface area contributed by atoms with Crippen molar-refractivity contribution < 1.29 is 9.53 Å². The summed E-state index contributed by atoms with van der Waals surface area (Å²) >= 11 is 7.86. The summed E-state index contributed by atoms with van der Waals surface area (Å²) in [5.74, 6) is 0.0491. The highest BCUT2D eigenvalue weighted by Gasteiger charge is 2.21. The van der Waals surface area contributed by atoms with Crippen molar-refractivity contribution in [2.45, 2.75) is 27.0 Å². The number of aryl methyl sites for hydroxylation is 2. The fourth-order valence-electron chi connectivity index (χ4n) is 3.20. The number of halogens is 1. The van der Waals surface area contributed by atoms with Gasteiger partial charge in [-0.2, -0.15) is 9.78 Å². The molecule has 0 unspecified atom stereocenters. The van der Waals surface area contributed by atoms with E-state index in [1.165, 1.54) is 28.4 Å². The maximum absolute atomic E-state index is 13.0. The normalized spacial score (nSPS) is 11.1. The number of imidazole rings is 1. The van der Waals surface area contributed by atoms with Crippen LogP contribution < -0.4 is 5.32 Å². The van der Waals surface area contributed by atoms with E-state index in [-0.39, 0.29) is 12.5 Å². The van der Waals surface area contributed by atoms with Gasteiger partial charge in [0.15, 0.2) is 0 Å². The zero-order valence-corrected chi connectivity index (χ0v) is 19.4. The molecule has 0 aliphatic heterocycles. The van der Waals surface area contributed by atoms with Gasteiger partial charge < -0.3 is 14.6 Å². The van der Waals surface area contributed by atoms with E-state index in [4.69, 9.17) is 16.3 Å². The Balaban J connectivity index is 1.66. The molecule has 11 heteroatoms. The van der Waals surface area contributed by atoms with Crippen LogP contribution in [0.2, 0.25) is 5.02 Å². The first-order chi connectivity index (χ1) is 15.5. The standard InChI is InChI=1S/C21H22ClN7O2S/c1-4-31-11-17-14(20(30)23-10-16-13(2)25-12-28(16)3)8-26-29(17)21-24-9-15(22)19(27-21)18-6-5-7-32-18/h5-9,12H,4,10-11H2,1-3H3,(H,23,30). The number of rotatable bonds is 8. The second-order valence-electron chi connectivity index (χ2n) is 6.97. The molecule has 32 heavy (non-hydrogen) atoms. The molecule has 0 fully saturated rings. The number of aromatic nitrogens is 6. The van der Waals surface area contributed by atoms with Gasteiger partial charge in [-0.25, -0.2) is 15.0 Å². The van der Waals surface area contributed by atoms with Crippen molar-refractivity contribution in [3.05, 3.63) is 63.9 Å². The Labute approximate surface area is 194 Å². The molecule has 4 heterocycles. The minimum absolute atomic E-state index is 0.185. The number of thiophene rings is 1. The minimum Gasteiger partial charge on any atom is -0.375 e. The monoisotopic (exact) mass is 471 g/mol. The van der Waals surface area contributed by atoms with Gasteiger partial charge in [-0.1, -0.05) is 17.7 Å². The molecular formula is C21H22ClN7O2S. The quantitative estimate of drug-likeness (QED) is 0.422. The molecule has 1 N–H and O–H groups in total. The summed E-state index contributed by atoms with van der Waals surface area (Å²) in [6, 6.07) is 3.87. The van der Waals surface area contributed by atoms with Crippen molar-refractivity contribution in [2.24, 2.45) is 7.05 Å². The summed E-state index contributed by atoms with van der Waals surface area (Å²) in [6.07, 6.45) is 4.76. The Kier molecular flexibility index (Phi) is 6.63. The van der Waals surface area contributed by atoms with Crippen LogP contribution in [-0.2, 0) is 24.9 Å². The molecule has 0 aliphatic carbocycles. The van der Waals surface area contributed by atoms with E-state index >= 15 is 0 Å². The Morgan fingerprint density at radius 3 is 2.81 bits per heavy atom. The maximum atomic E-state index is 13.0. The third kappa shape index (κ3) is 4.43. The molecule has 0 spiro atoms. The van der Waals surface area contributed by atoms with Crippen molar-refractivity contribution >= 4 is 28.8 Å². The molecular weight excluding hydrogens is 450 g/mol. The highest BCUT2D eigenvalue weighted by molar-refractivity contribution is 7.13. The van der Waals surface area contributed by atoms with Gasteiger partial charge in [0.25, 0.3) is 11.9 Å². The summed E-state index contributed by atoms with van der Waals surface area (Å²) in [4.78, 5) is 27.1.